The number of epoxide rings is 1. The van der Waals surface area contributed by atoms with Gasteiger partial charge >= 0.3 is 5.97 Å². The molecule has 2 aliphatic rings. The summed E-state index contributed by atoms with van der Waals surface area (Å²) in [6.45, 7) is 10.0. The Kier molecular flexibility index (Phi) is 9.13. The van der Waals surface area contributed by atoms with Crippen LogP contribution in [0.3, 0.4) is 0 Å². The van der Waals surface area contributed by atoms with E-state index in [1.54, 1.807) is 32.2 Å². The molecule has 2 saturated heterocycles. The maximum absolute atomic E-state index is 13.2. The highest BCUT2D eigenvalue weighted by molar-refractivity contribution is 7.09. The number of alkyl halides is 1. The molecular weight excluding hydrogens is 485 g/mol. The third-order valence-electron chi connectivity index (χ3n) is 7.97. The number of hydrogen-bond donors (Lipinski definition) is 2. The first kappa shape index (κ1) is 28.9. The van der Waals surface area contributed by atoms with Gasteiger partial charge in [0.05, 0.1) is 41.4 Å². The third kappa shape index (κ3) is 6.60. The number of nitrogens with zero attached hydrogens (tertiary/aromatic N) is 1. The number of thiazole rings is 1. The normalized spacial score (nSPS) is 36.8. The van der Waals surface area contributed by atoms with Crippen molar-refractivity contribution in [3.63, 3.8) is 0 Å². The fourth-order valence-electron chi connectivity index (χ4n) is 5.07. The monoisotopic (exact) mass is 525 g/mol. The molecule has 2 fully saturated rings. The van der Waals surface area contributed by atoms with E-state index in [-0.39, 0.29) is 29.8 Å². The third-order valence-corrected chi connectivity index (χ3v) is 8.81. The van der Waals surface area contributed by atoms with Crippen LogP contribution in [0.1, 0.15) is 84.3 Å². The predicted octanol–water partition coefficient (Wildman–Crippen LogP) is 4.64. The highest BCUT2D eigenvalue weighted by atomic mass is 32.1. The largest absolute Gasteiger partial charge is 0.458 e. The van der Waals surface area contributed by atoms with Gasteiger partial charge in [0.2, 0.25) is 0 Å². The molecule has 0 aliphatic carbocycles. The number of carbonyl (C=O) groups excluding carboxylic acids is 2. The zero-order valence-corrected chi connectivity index (χ0v) is 22.9. The topological polar surface area (TPSA) is 109 Å². The number of cyclic esters (lactones) is 1. The Bertz CT molecular complexity index is 977. The zero-order chi connectivity index (χ0) is 26.8. The smallest absolute Gasteiger partial charge is 0.309 e. The summed E-state index contributed by atoms with van der Waals surface area (Å²) in [6.07, 6.45) is 1.39. The van der Waals surface area contributed by atoms with E-state index in [9.17, 15) is 24.2 Å². The van der Waals surface area contributed by atoms with Crippen LogP contribution >= 0.6 is 11.3 Å². The van der Waals surface area contributed by atoms with Gasteiger partial charge in [-0.2, -0.15) is 0 Å². The number of hydrogen-bond acceptors (Lipinski definition) is 8. The Morgan fingerprint density at radius 1 is 1.28 bits per heavy atom. The van der Waals surface area contributed by atoms with Crippen molar-refractivity contribution in [2.45, 2.75) is 110 Å². The molecule has 0 radical (unpaired) electrons. The van der Waals surface area contributed by atoms with Crippen molar-refractivity contribution in [1.29, 1.82) is 0 Å². The number of ether oxygens (including phenoxy) is 2. The van der Waals surface area contributed by atoms with Crippen LogP contribution in [-0.2, 0) is 25.7 Å². The summed E-state index contributed by atoms with van der Waals surface area (Å²) in [5, 5.41) is 23.8. The summed E-state index contributed by atoms with van der Waals surface area (Å²) in [5.74, 6) is -1.69. The Morgan fingerprint density at radius 2 is 1.97 bits per heavy atom. The number of halogens is 1. The average molecular weight is 526 g/mol. The molecule has 2 N–H and O–H groups in total. The first-order valence-electron chi connectivity index (χ1n) is 12.7. The summed E-state index contributed by atoms with van der Waals surface area (Å²) >= 11 is 1.23. The van der Waals surface area contributed by atoms with E-state index in [0.29, 0.717) is 17.1 Å². The number of carbonyl (C=O) groups is 2. The summed E-state index contributed by atoms with van der Waals surface area (Å²) in [6, 6.07) is 0. The molecule has 0 spiro atoms. The summed E-state index contributed by atoms with van der Waals surface area (Å²) in [5.41, 5.74) is -0.246. The van der Waals surface area contributed by atoms with Gasteiger partial charge in [0.1, 0.15) is 23.6 Å². The first-order chi connectivity index (χ1) is 16.8. The standard InChI is InChI=1S/C27H40FNO6S/c1-15-8-7-9-27(6)21(35-27)11-19(16(2)10-18-14-36-22(13-28)29-18)34-23(31)12-20(30)26(4,5)25(33)17(3)24(15)32/h10,14-15,17,19-21,24,30,32H,7-9,11-13H2,1-6H3/b16-10+/t15-,17+,19-,20-,21-,24-,27+/m0/s1. The summed E-state index contributed by atoms with van der Waals surface area (Å²) in [7, 11) is 0. The minimum Gasteiger partial charge on any atom is -0.458 e. The number of rotatable bonds is 3. The van der Waals surface area contributed by atoms with Crippen LogP contribution in [0.25, 0.3) is 6.08 Å². The lowest BCUT2D eigenvalue weighted by molar-refractivity contribution is -0.154. The highest BCUT2D eigenvalue weighted by Gasteiger charge is 2.53. The van der Waals surface area contributed by atoms with E-state index >= 15 is 0 Å². The lowest BCUT2D eigenvalue weighted by atomic mass is 9.73. The van der Waals surface area contributed by atoms with Crippen LogP contribution in [0.5, 0.6) is 0 Å². The van der Waals surface area contributed by atoms with Crippen molar-refractivity contribution in [2.75, 3.05) is 0 Å². The molecule has 9 heteroatoms. The minimum absolute atomic E-state index is 0.0965. The van der Waals surface area contributed by atoms with Crippen molar-refractivity contribution in [2.24, 2.45) is 17.3 Å². The van der Waals surface area contributed by atoms with E-state index < -0.39 is 42.3 Å². The van der Waals surface area contributed by atoms with Crippen LogP contribution in [-0.4, -0.2) is 57.0 Å². The van der Waals surface area contributed by atoms with Gasteiger partial charge in [-0.25, -0.2) is 9.37 Å². The highest BCUT2D eigenvalue weighted by Crippen LogP contribution is 2.45. The van der Waals surface area contributed by atoms with E-state index in [2.05, 4.69) is 4.98 Å². The van der Waals surface area contributed by atoms with E-state index in [4.69, 9.17) is 9.47 Å². The number of Topliss-reactive ketones (excluding diaryl/α,β-unsaturated/α-hetero) is 1. The number of fused-ring (bicyclic) bond motifs is 1. The molecule has 0 aromatic carbocycles. The molecule has 202 valence electrons. The number of ketones is 1. The number of aliphatic hydroxyl groups is 2. The molecule has 0 bridgehead atoms. The molecule has 3 rings (SSSR count). The van der Waals surface area contributed by atoms with Gasteiger partial charge in [-0.3, -0.25) is 9.59 Å². The van der Waals surface area contributed by atoms with Gasteiger partial charge in [0.25, 0.3) is 0 Å². The van der Waals surface area contributed by atoms with Crippen molar-refractivity contribution in [3.05, 3.63) is 21.7 Å². The van der Waals surface area contributed by atoms with Gasteiger partial charge in [-0.15, -0.1) is 11.3 Å². The van der Waals surface area contributed by atoms with Crippen molar-refractivity contribution in [3.8, 4) is 0 Å². The fraction of sp³-hybridized carbons (Fsp3) is 0.741. The van der Waals surface area contributed by atoms with Gasteiger partial charge in [0, 0.05) is 17.7 Å². The molecule has 0 saturated carbocycles. The van der Waals surface area contributed by atoms with E-state index in [0.717, 1.165) is 24.8 Å². The molecule has 36 heavy (non-hydrogen) atoms. The number of aromatic nitrogens is 1. The van der Waals surface area contributed by atoms with Crippen LogP contribution in [0.15, 0.2) is 11.0 Å². The van der Waals surface area contributed by atoms with Crippen molar-refractivity contribution < 1.29 is 33.7 Å². The molecule has 0 amide bonds. The molecule has 2 aliphatic heterocycles. The molecule has 7 nitrogen and oxygen atoms in total. The van der Waals surface area contributed by atoms with Gasteiger partial charge < -0.3 is 19.7 Å². The second-order valence-electron chi connectivity index (χ2n) is 11.3. The lowest BCUT2D eigenvalue weighted by Crippen LogP contribution is -2.45. The van der Waals surface area contributed by atoms with E-state index in [1.807, 2.05) is 20.8 Å². The maximum Gasteiger partial charge on any atom is 0.309 e. The second-order valence-corrected chi connectivity index (χ2v) is 12.2. The van der Waals surface area contributed by atoms with Crippen LogP contribution in [0.2, 0.25) is 0 Å². The van der Waals surface area contributed by atoms with Gasteiger partial charge in [-0.05, 0) is 44.3 Å². The minimum atomic E-state index is -1.27. The second kappa shape index (κ2) is 11.4. The predicted molar refractivity (Wildman–Crippen MR) is 136 cm³/mol. The lowest BCUT2D eigenvalue weighted by Gasteiger charge is -2.34. The van der Waals surface area contributed by atoms with Crippen LogP contribution in [0.4, 0.5) is 4.39 Å². The van der Waals surface area contributed by atoms with Gasteiger partial charge in [0.15, 0.2) is 0 Å². The molecule has 1 aromatic rings. The van der Waals surface area contributed by atoms with Gasteiger partial charge in [-0.1, -0.05) is 34.1 Å². The van der Waals surface area contributed by atoms with Crippen molar-refractivity contribution in [1.82, 2.24) is 4.98 Å². The molecule has 1 aromatic heterocycles. The fourth-order valence-corrected chi connectivity index (χ4v) is 5.67. The van der Waals surface area contributed by atoms with Crippen LogP contribution in [0, 0.1) is 17.3 Å². The Hall–Kier alpha value is -1.68. The Balaban J connectivity index is 1.85. The maximum atomic E-state index is 13.2. The first-order valence-corrected chi connectivity index (χ1v) is 13.6. The zero-order valence-electron chi connectivity index (χ0n) is 22.1. The SMILES string of the molecule is C/C(=C\c1csc(CF)n1)[C@@H]1C[C@@H]2O[C@]2(C)CCC[C@H](C)[C@H](O)[C@@H](C)C(=O)C(C)(C)[C@@H](O)CC(=O)O1. The summed E-state index contributed by atoms with van der Waals surface area (Å²) < 4.78 is 24.8. The average Bonchev–Trinajstić information content (AvgIpc) is 3.23. The summed E-state index contributed by atoms with van der Waals surface area (Å²) in [4.78, 5) is 30.4. The Morgan fingerprint density at radius 3 is 2.61 bits per heavy atom. The molecular formula is C27H40FNO6S. The number of esters is 1. The van der Waals surface area contributed by atoms with Crippen molar-refractivity contribution >= 4 is 29.2 Å². The molecule has 0 unspecified atom stereocenters. The Labute approximate surface area is 217 Å². The molecule has 7 atom stereocenters. The molecule has 3 heterocycles. The van der Waals surface area contributed by atoms with E-state index in [1.165, 1.54) is 11.3 Å². The van der Waals surface area contributed by atoms with Crippen LogP contribution < -0.4 is 0 Å². The quantitative estimate of drug-likeness (QED) is 0.437. The number of aliphatic hydroxyl groups excluding tert-OH is 2.